The SMILES string of the molecule is O=C(Nc1ccccc1OC(F)F)C1CCN(S(=O)(=O)c2ccccc2F)CC1. The van der Waals surface area contributed by atoms with Gasteiger partial charge in [-0.2, -0.15) is 13.1 Å². The standard InChI is InChI=1S/C19H19F3N2O4S/c20-14-5-1-4-8-17(14)29(26,27)24-11-9-13(10-12-24)18(25)23-15-6-2-3-7-16(15)28-19(21)22/h1-8,13,19H,9-12H2,(H,23,25). The molecule has 1 heterocycles. The molecule has 6 nitrogen and oxygen atoms in total. The van der Waals surface area contributed by atoms with E-state index >= 15 is 0 Å². The Morgan fingerprint density at radius 3 is 2.34 bits per heavy atom. The number of carbonyl (C=O) groups is 1. The molecule has 29 heavy (non-hydrogen) atoms. The van der Waals surface area contributed by atoms with Gasteiger partial charge in [-0.15, -0.1) is 0 Å². The molecule has 1 aliphatic heterocycles. The van der Waals surface area contributed by atoms with Crippen molar-refractivity contribution in [2.24, 2.45) is 5.92 Å². The molecular weight excluding hydrogens is 409 g/mol. The van der Waals surface area contributed by atoms with Crippen molar-refractivity contribution in [3.63, 3.8) is 0 Å². The van der Waals surface area contributed by atoms with Gasteiger partial charge in [-0.25, -0.2) is 12.8 Å². The quantitative estimate of drug-likeness (QED) is 0.765. The number of hydrogen-bond donors (Lipinski definition) is 1. The van der Waals surface area contributed by atoms with E-state index < -0.39 is 39.2 Å². The molecule has 0 unspecified atom stereocenters. The highest BCUT2D eigenvalue weighted by molar-refractivity contribution is 7.89. The van der Waals surface area contributed by atoms with Gasteiger partial charge in [0.2, 0.25) is 15.9 Å². The molecule has 0 spiro atoms. The molecule has 1 fully saturated rings. The monoisotopic (exact) mass is 428 g/mol. The third-order valence-electron chi connectivity index (χ3n) is 4.64. The zero-order valence-corrected chi connectivity index (χ0v) is 16.0. The van der Waals surface area contributed by atoms with Crippen LogP contribution in [0, 0.1) is 11.7 Å². The molecule has 2 aromatic rings. The van der Waals surface area contributed by atoms with Gasteiger partial charge in [0, 0.05) is 19.0 Å². The zero-order chi connectivity index (χ0) is 21.0. The van der Waals surface area contributed by atoms with E-state index in [1.165, 1.54) is 36.4 Å². The lowest BCUT2D eigenvalue weighted by atomic mass is 9.97. The maximum atomic E-state index is 13.9. The maximum absolute atomic E-state index is 13.9. The van der Waals surface area contributed by atoms with Crippen molar-refractivity contribution in [2.75, 3.05) is 18.4 Å². The average molecular weight is 428 g/mol. The zero-order valence-electron chi connectivity index (χ0n) is 15.2. The highest BCUT2D eigenvalue weighted by atomic mass is 32.2. The van der Waals surface area contributed by atoms with Crippen LogP contribution in [0.3, 0.4) is 0 Å². The number of hydrogen-bond acceptors (Lipinski definition) is 4. The van der Waals surface area contributed by atoms with Gasteiger partial charge in [0.15, 0.2) is 0 Å². The fourth-order valence-corrected chi connectivity index (χ4v) is 4.69. The molecule has 0 aliphatic carbocycles. The minimum Gasteiger partial charge on any atom is -0.433 e. The molecule has 1 aliphatic rings. The third-order valence-corrected chi connectivity index (χ3v) is 6.57. The summed E-state index contributed by atoms with van der Waals surface area (Å²) < 4.78 is 69.6. The first-order valence-electron chi connectivity index (χ1n) is 8.88. The molecule has 1 N–H and O–H groups in total. The number of anilines is 1. The second-order valence-corrected chi connectivity index (χ2v) is 8.38. The van der Waals surface area contributed by atoms with Crippen molar-refractivity contribution < 1.29 is 31.1 Å². The summed E-state index contributed by atoms with van der Waals surface area (Å²) in [7, 11) is -4.00. The average Bonchev–Trinajstić information content (AvgIpc) is 2.69. The van der Waals surface area contributed by atoms with Crippen LogP contribution in [0.2, 0.25) is 0 Å². The molecule has 0 bridgehead atoms. The summed E-state index contributed by atoms with van der Waals surface area (Å²) in [6.07, 6.45) is 0.439. The molecule has 3 rings (SSSR count). The van der Waals surface area contributed by atoms with Crippen LogP contribution >= 0.6 is 0 Å². The number of carbonyl (C=O) groups excluding carboxylic acids is 1. The highest BCUT2D eigenvalue weighted by Crippen LogP contribution is 2.29. The first kappa shape index (κ1) is 21.1. The number of benzene rings is 2. The van der Waals surface area contributed by atoms with Crippen LogP contribution in [-0.2, 0) is 14.8 Å². The summed E-state index contributed by atoms with van der Waals surface area (Å²) in [5.74, 6) is -1.92. The molecule has 1 amide bonds. The van der Waals surface area contributed by atoms with E-state index in [0.717, 1.165) is 10.4 Å². The Morgan fingerprint density at radius 2 is 1.69 bits per heavy atom. The lowest BCUT2D eigenvalue weighted by Gasteiger charge is -2.30. The lowest BCUT2D eigenvalue weighted by Crippen LogP contribution is -2.41. The summed E-state index contributed by atoms with van der Waals surface area (Å²) in [5, 5.41) is 2.55. The molecule has 2 aromatic carbocycles. The Morgan fingerprint density at radius 1 is 1.07 bits per heavy atom. The molecule has 0 aromatic heterocycles. The fourth-order valence-electron chi connectivity index (χ4n) is 3.15. The molecule has 0 radical (unpaired) electrons. The third kappa shape index (κ3) is 4.88. The van der Waals surface area contributed by atoms with E-state index in [9.17, 15) is 26.4 Å². The van der Waals surface area contributed by atoms with Crippen LogP contribution in [0.4, 0.5) is 18.9 Å². The number of nitrogens with one attached hydrogen (secondary N) is 1. The van der Waals surface area contributed by atoms with E-state index in [-0.39, 0.29) is 37.4 Å². The van der Waals surface area contributed by atoms with Gasteiger partial charge in [-0.1, -0.05) is 24.3 Å². The van der Waals surface area contributed by atoms with Gasteiger partial charge >= 0.3 is 6.61 Å². The molecular formula is C19H19F3N2O4S. The molecule has 0 atom stereocenters. The van der Waals surface area contributed by atoms with Gasteiger partial charge in [-0.05, 0) is 37.1 Å². The summed E-state index contributed by atoms with van der Waals surface area (Å²) in [5.41, 5.74) is 0.110. The van der Waals surface area contributed by atoms with Crippen LogP contribution in [0.5, 0.6) is 5.75 Å². The highest BCUT2D eigenvalue weighted by Gasteiger charge is 2.33. The number of rotatable bonds is 6. The van der Waals surface area contributed by atoms with Gasteiger partial charge in [0.05, 0.1) is 5.69 Å². The van der Waals surface area contributed by atoms with Crippen LogP contribution < -0.4 is 10.1 Å². The van der Waals surface area contributed by atoms with E-state index in [0.29, 0.717) is 0 Å². The van der Waals surface area contributed by atoms with E-state index in [1.54, 1.807) is 6.07 Å². The Kier molecular flexibility index (Phi) is 6.43. The Bertz CT molecular complexity index is 977. The number of amides is 1. The molecule has 10 heteroatoms. The predicted octanol–water partition coefficient (Wildman–Crippen LogP) is 3.47. The summed E-state index contributed by atoms with van der Waals surface area (Å²) >= 11 is 0. The van der Waals surface area contributed by atoms with Gasteiger partial charge in [0.25, 0.3) is 0 Å². The number of para-hydroxylation sites is 2. The fraction of sp³-hybridized carbons (Fsp3) is 0.316. The van der Waals surface area contributed by atoms with Crippen LogP contribution in [0.1, 0.15) is 12.8 Å². The number of alkyl halides is 2. The summed E-state index contributed by atoms with van der Waals surface area (Å²) in [4.78, 5) is 12.1. The minimum absolute atomic E-state index is 0.0456. The second kappa shape index (κ2) is 8.83. The molecule has 0 saturated carbocycles. The van der Waals surface area contributed by atoms with E-state index in [1.807, 2.05) is 0 Å². The molecule has 156 valence electrons. The van der Waals surface area contributed by atoms with Crippen LogP contribution in [0.25, 0.3) is 0 Å². The van der Waals surface area contributed by atoms with E-state index in [4.69, 9.17) is 0 Å². The topological polar surface area (TPSA) is 75.7 Å². The van der Waals surface area contributed by atoms with Gasteiger partial charge < -0.3 is 10.1 Å². The Labute approximate surface area is 166 Å². The first-order valence-corrected chi connectivity index (χ1v) is 10.3. The minimum atomic E-state index is -4.00. The van der Waals surface area contributed by atoms with E-state index in [2.05, 4.69) is 10.1 Å². The van der Waals surface area contributed by atoms with Gasteiger partial charge in [-0.3, -0.25) is 4.79 Å². The number of halogens is 3. The number of sulfonamides is 1. The largest absolute Gasteiger partial charge is 0.433 e. The summed E-state index contributed by atoms with van der Waals surface area (Å²) in [6.45, 7) is -2.94. The van der Waals surface area contributed by atoms with Gasteiger partial charge in [0.1, 0.15) is 16.5 Å². The number of ether oxygens (including phenoxy) is 1. The smallest absolute Gasteiger partial charge is 0.387 e. The predicted molar refractivity (Wildman–Crippen MR) is 99.6 cm³/mol. The second-order valence-electron chi connectivity index (χ2n) is 6.47. The maximum Gasteiger partial charge on any atom is 0.387 e. The van der Waals surface area contributed by atoms with Crippen molar-refractivity contribution in [1.29, 1.82) is 0 Å². The Hall–Kier alpha value is -2.59. The van der Waals surface area contributed by atoms with Crippen molar-refractivity contribution in [3.05, 3.63) is 54.3 Å². The normalized spacial score (nSPS) is 16.0. The number of piperidine rings is 1. The van der Waals surface area contributed by atoms with Crippen LogP contribution in [-0.4, -0.2) is 38.3 Å². The lowest BCUT2D eigenvalue weighted by molar-refractivity contribution is -0.121. The van der Waals surface area contributed by atoms with Crippen molar-refractivity contribution in [2.45, 2.75) is 24.3 Å². The van der Waals surface area contributed by atoms with Crippen molar-refractivity contribution in [1.82, 2.24) is 4.31 Å². The number of nitrogens with zero attached hydrogens (tertiary/aromatic N) is 1. The first-order chi connectivity index (χ1) is 13.8. The van der Waals surface area contributed by atoms with Crippen LogP contribution in [0.15, 0.2) is 53.4 Å². The van der Waals surface area contributed by atoms with Crippen molar-refractivity contribution in [3.8, 4) is 5.75 Å². The van der Waals surface area contributed by atoms with Crippen molar-refractivity contribution >= 4 is 21.6 Å². The Balaban J connectivity index is 1.64. The summed E-state index contributed by atoms with van der Waals surface area (Å²) in [6, 6.07) is 10.9. The molecule has 1 saturated heterocycles.